The van der Waals surface area contributed by atoms with Crippen molar-refractivity contribution in [1.82, 2.24) is 0 Å². The minimum atomic E-state index is 0.288. The van der Waals surface area contributed by atoms with Gasteiger partial charge in [0.1, 0.15) is 0 Å². The Hall–Kier alpha value is -1.55. The number of hydrogen-bond donors (Lipinski definition) is 2. The predicted molar refractivity (Wildman–Crippen MR) is 84.2 cm³/mol. The van der Waals surface area contributed by atoms with Crippen molar-refractivity contribution >= 4 is 11.6 Å². The van der Waals surface area contributed by atoms with Gasteiger partial charge in [0.2, 0.25) is 0 Å². The van der Waals surface area contributed by atoms with E-state index in [0.29, 0.717) is 12.1 Å². The summed E-state index contributed by atoms with van der Waals surface area (Å²) in [6.07, 6.45) is 2.56. The lowest BCUT2D eigenvalue weighted by molar-refractivity contribution is -0.0428. The quantitative estimate of drug-likeness (QED) is 0.656. The van der Waals surface area contributed by atoms with Gasteiger partial charge >= 0.3 is 0 Å². The summed E-state index contributed by atoms with van der Waals surface area (Å²) in [4.78, 5) is 4.49. The molecule has 1 aromatic carbocycles. The third-order valence-electron chi connectivity index (χ3n) is 3.64. The average Bonchev–Trinajstić information content (AvgIpc) is 2.30. The Morgan fingerprint density at radius 1 is 1.30 bits per heavy atom. The van der Waals surface area contributed by atoms with Gasteiger partial charge in [-0.2, -0.15) is 0 Å². The van der Waals surface area contributed by atoms with Crippen molar-refractivity contribution in [2.45, 2.75) is 58.8 Å². The number of guanidine groups is 1. The number of aryl methyl sites for hydroxylation is 2. The fraction of sp³-hybridized carbons (Fsp3) is 0.562. The average molecular weight is 275 g/mol. The minimum Gasteiger partial charge on any atom is -0.375 e. The van der Waals surface area contributed by atoms with E-state index in [-0.39, 0.29) is 12.1 Å². The van der Waals surface area contributed by atoms with E-state index in [4.69, 9.17) is 10.5 Å². The van der Waals surface area contributed by atoms with Crippen LogP contribution in [-0.4, -0.2) is 24.2 Å². The Bertz CT molecular complexity index is 490. The Kier molecular flexibility index (Phi) is 4.65. The third-order valence-corrected chi connectivity index (χ3v) is 3.64. The molecule has 1 aliphatic carbocycles. The molecule has 4 nitrogen and oxygen atoms in total. The Labute approximate surface area is 121 Å². The number of nitrogens with zero attached hydrogens (tertiary/aromatic N) is 1. The van der Waals surface area contributed by atoms with Crippen LogP contribution in [-0.2, 0) is 4.74 Å². The summed E-state index contributed by atoms with van der Waals surface area (Å²) in [7, 11) is 0. The number of aliphatic imine (C=N–C) groups is 1. The number of nitrogens with one attached hydrogen (secondary N) is 1. The fourth-order valence-corrected chi connectivity index (χ4v) is 2.34. The zero-order chi connectivity index (χ0) is 14.7. The van der Waals surface area contributed by atoms with E-state index in [2.05, 4.69) is 50.1 Å². The van der Waals surface area contributed by atoms with Gasteiger partial charge in [-0.15, -0.1) is 0 Å². The number of hydrogen-bond acceptors (Lipinski definition) is 2. The number of anilines is 1. The van der Waals surface area contributed by atoms with Crippen LogP contribution < -0.4 is 11.1 Å². The van der Waals surface area contributed by atoms with Crippen LogP contribution in [0.4, 0.5) is 5.69 Å². The molecule has 0 aromatic heterocycles. The summed E-state index contributed by atoms with van der Waals surface area (Å²) in [6.45, 7) is 8.31. The van der Waals surface area contributed by atoms with Gasteiger partial charge < -0.3 is 15.8 Å². The van der Waals surface area contributed by atoms with E-state index in [1.165, 1.54) is 11.1 Å². The summed E-state index contributed by atoms with van der Waals surface area (Å²) < 4.78 is 5.71. The summed E-state index contributed by atoms with van der Waals surface area (Å²) >= 11 is 0. The first-order valence-corrected chi connectivity index (χ1v) is 7.27. The summed E-state index contributed by atoms with van der Waals surface area (Å²) in [6, 6.07) is 6.48. The molecular weight excluding hydrogens is 250 g/mol. The summed E-state index contributed by atoms with van der Waals surface area (Å²) in [5.74, 6) is 0.487. The molecule has 0 saturated heterocycles. The molecule has 3 N–H and O–H groups in total. The molecule has 2 rings (SSSR count). The highest BCUT2D eigenvalue weighted by Gasteiger charge is 2.30. The van der Waals surface area contributed by atoms with Crippen molar-refractivity contribution in [3.63, 3.8) is 0 Å². The Morgan fingerprint density at radius 2 is 2.00 bits per heavy atom. The molecule has 1 aromatic rings. The van der Waals surface area contributed by atoms with Crippen molar-refractivity contribution in [3.8, 4) is 0 Å². The highest BCUT2D eigenvalue weighted by atomic mass is 16.5. The third kappa shape index (κ3) is 3.97. The topological polar surface area (TPSA) is 59.6 Å². The molecule has 0 atom stereocenters. The van der Waals surface area contributed by atoms with Gasteiger partial charge in [0.05, 0.1) is 18.2 Å². The van der Waals surface area contributed by atoms with Gasteiger partial charge in [0, 0.05) is 5.69 Å². The monoisotopic (exact) mass is 275 g/mol. The molecule has 0 radical (unpaired) electrons. The molecule has 1 fully saturated rings. The lowest BCUT2D eigenvalue weighted by Crippen LogP contribution is -2.38. The van der Waals surface area contributed by atoms with E-state index in [1.807, 2.05) is 6.07 Å². The molecule has 1 saturated carbocycles. The zero-order valence-electron chi connectivity index (χ0n) is 12.8. The van der Waals surface area contributed by atoms with Crippen molar-refractivity contribution in [2.75, 3.05) is 5.32 Å². The number of rotatable bonds is 4. The van der Waals surface area contributed by atoms with Gasteiger partial charge in [-0.05, 0) is 63.8 Å². The van der Waals surface area contributed by atoms with Gasteiger partial charge in [0.15, 0.2) is 5.96 Å². The van der Waals surface area contributed by atoms with Crippen LogP contribution in [0.5, 0.6) is 0 Å². The maximum Gasteiger partial charge on any atom is 0.193 e. The smallest absolute Gasteiger partial charge is 0.193 e. The number of benzene rings is 1. The van der Waals surface area contributed by atoms with Crippen LogP contribution in [0, 0.1) is 13.8 Å². The van der Waals surface area contributed by atoms with Crippen molar-refractivity contribution < 1.29 is 4.74 Å². The molecule has 0 unspecified atom stereocenters. The molecule has 0 heterocycles. The van der Waals surface area contributed by atoms with Crippen molar-refractivity contribution in [2.24, 2.45) is 10.7 Å². The molecular formula is C16H25N3O. The molecule has 20 heavy (non-hydrogen) atoms. The lowest BCUT2D eigenvalue weighted by atomic mass is 9.90. The molecule has 4 heteroatoms. The molecule has 0 aliphatic heterocycles. The van der Waals surface area contributed by atoms with Gasteiger partial charge in [-0.1, -0.05) is 6.07 Å². The van der Waals surface area contributed by atoms with Crippen molar-refractivity contribution in [1.29, 1.82) is 0 Å². The van der Waals surface area contributed by atoms with Crippen LogP contribution in [0.2, 0.25) is 0 Å². The zero-order valence-corrected chi connectivity index (χ0v) is 12.8. The Morgan fingerprint density at radius 3 is 2.60 bits per heavy atom. The number of ether oxygens (including phenoxy) is 1. The summed E-state index contributed by atoms with van der Waals surface area (Å²) in [5.41, 5.74) is 9.46. The second kappa shape index (κ2) is 6.27. The maximum atomic E-state index is 5.95. The predicted octanol–water partition coefficient (Wildman–Crippen LogP) is 2.99. The first-order chi connectivity index (χ1) is 9.44. The molecule has 0 bridgehead atoms. The second-order valence-corrected chi connectivity index (χ2v) is 5.87. The summed E-state index contributed by atoms with van der Waals surface area (Å²) in [5, 5.41) is 3.15. The van der Waals surface area contributed by atoms with E-state index in [0.717, 1.165) is 18.5 Å². The van der Waals surface area contributed by atoms with Gasteiger partial charge in [0.25, 0.3) is 0 Å². The van der Waals surface area contributed by atoms with E-state index >= 15 is 0 Å². The Balaban J connectivity index is 1.84. The maximum absolute atomic E-state index is 5.95. The van der Waals surface area contributed by atoms with Crippen LogP contribution in [0.15, 0.2) is 23.2 Å². The standard InChI is InChI=1S/C16H25N3O/c1-10(2)20-15-8-14(9-15)19-16(17)18-13-6-5-11(3)12(4)7-13/h5-7,10,14-15H,8-9H2,1-4H3,(H3,17,18,19). The SMILES string of the molecule is Cc1ccc(NC(N)=NC2CC(OC(C)C)C2)cc1C. The van der Waals surface area contributed by atoms with Gasteiger partial charge in [-0.3, -0.25) is 0 Å². The van der Waals surface area contributed by atoms with Crippen LogP contribution >= 0.6 is 0 Å². The van der Waals surface area contributed by atoms with Crippen LogP contribution in [0.25, 0.3) is 0 Å². The van der Waals surface area contributed by atoms with E-state index in [9.17, 15) is 0 Å². The molecule has 0 spiro atoms. The van der Waals surface area contributed by atoms with E-state index < -0.39 is 0 Å². The largest absolute Gasteiger partial charge is 0.375 e. The molecule has 0 amide bonds. The first-order valence-electron chi connectivity index (χ1n) is 7.27. The van der Waals surface area contributed by atoms with Crippen LogP contribution in [0.1, 0.15) is 37.8 Å². The van der Waals surface area contributed by atoms with Gasteiger partial charge in [-0.25, -0.2) is 4.99 Å². The second-order valence-electron chi connectivity index (χ2n) is 5.87. The highest BCUT2D eigenvalue weighted by molar-refractivity contribution is 5.92. The molecule has 110 valence electrons. The minimum absolute atomic E-state index is 0.288. The normalized spacial score (nSPS) is 22.8. The van der Waals surface area contributed by atoms with E-state index in [1.54, 1.807) is 0 Å². The number of nitrogens with two attached hydrogens (primary N) is 1. The first kappa shape index (κ1) is 14.9. The van der Waals surface area contributed by atoms with Crippen molar-refractivity contribution in [3.05, 3.63) is 29.3 Å². The fourth-order valence-electron chi connectivity index (χ4n) is 2.34. The molecule has 1 aliphatic rings. The lowest BCUT2D eigenvalue weighted by Gasteiger charge is -2.33. The van der Waals surface area contributed by atoms with Crippen LogP contribution in [0.3, 0.4) is 0 Å². The highest BCUT2D eigenvalue weighted by Crippen LogP contribution is 2.27.